The van der Waals surface area contributed by atoms with Crippen molar-refractivity contribution in [3.63, 3.8) is 0 Å². The fourth-order valence-corrected chi connectivity index (χ4v) is 3.80. The Hall–Kier alpha value is -4.69. The Labute approximate surface area is 224 Å². The van der Waals surface area contributed by atoms with Crippen molar-refractivity contribution in [1.82, 2.24) is 5.32 Å². The van der Waals surface area contributed by atoms with Crippen LogP contribution in [0, 0.1) is 6.92 Å². The number of hydrogen-bond donors (Lipinski definition) is 1. The molecule has 0 spiro atoms. The number of nitrogens with one attached hydrogen (secondary N) is 1. The summed E-state index contributed by atoms with van der Waals surface area (Å²) in [4.78, 5) is 51.4. The molecule has 0 radical (unpaired) electrons. The van der Waals surface area contributed by atoms with Crippen LogP contribution in [0.1, 0.15) is 23.6 Å². The number of carbonyl (C=O) groups is 4. The predicted octanol–water partition coefficient (Wildman–Crippen LogP) is 5.33. The van der Waals surface area contributed by atoms with E-state index in [4.69, 9.17) is 21.1 Å². The minimum absolute atomic E-state index is 0.163. The molecule has 3 aromatic rings. The molecule has 3 aromatic carbocycles. The molecule has 8 nitrogen and oxygen atoms in total. The van der Waals surface area contributed by atoms with Crippen molar-refractivity contribution in [3.8, 4) is 11.5 Å². The molecule has 1 heterocycles. The van der Waals surface area contributed by atoms with Crippen LogP contribution in [0.25, 0.3) is 12.2 Å². The number of carbonyl (C=O) groups excluding carboxylic acids is 4. The maximum Gasteiger partial charge on any atom is 0.336 e. The van der Waals surface area contributed by atoms with Crippen LogP contribution in [0.15, 0.2) is 78.4 Å². The highest BCUT2D eigenvalue weighted by molar-refractivity contribution is 6.39. The number of aryl methyl sites for hydroxylation is 1. The SMILES string of the molecule is CCOc1cc(/C=C2\C(=O)NC(=O)N(c3cccc(C)c3)C2=O)ccc1OC(=O)/C=C/c1ccc(Cl)cc1. The molecule has 1 aliphatic rings. The average Bonchev–Trinajstić information content (AvgIpc) is 2.88. The van der Waals surface area contributed by atoms with Gasteiger partial charge in [-0.1, -0.05) is 41.9 Å². The number of rotatable bonds is 7. The Morgan fingerprint density at radius 1 is 0.974 bits per heavy atom. The van der Waals surface area contributed by atoms with Gasteiger partial charge in [-0.15, -0.1) is 0 Å². The second-order valence-electron chi connectivity index (χ2n) is 8.24. The zero-order valence-electron chi connectivity index (χ0n) is 20.6. The number of halogens is 1. The van der Waals surface area contributed by atoms with E-state index in [0.29, 0.717) is 16.3 Å². The number of esters is 1. The fraction of sp³-hybridized carbons (Fsp3) is 0.103. The molecule has 4 rings (SSSR count). The summed E-state index contributed by atoms with van der Waals surface area (Å²) in [5.41, 5.74) is 2.16. The number of amides is 4. The van der Waals surface area contributed by atoms with Gasteiger partial charge >= 0.3 is 12.0 Å². The molecule has 1 saturated heterocycles. The van der Waals surface area contributed by atoms with Crippen LogP contribution in [-0.4, -0.2) is 30.4 Å². The lowest BCUT2D eigenvalue weighted by molar-refractivity contribution is -0.129. The lowest BCUT2D eigenvalue weighted by Gasteiger charge is -2.26. The molecule has 192 valence electrons. The van der Waals surface area contributed by atoms with Gasteiger partial charge in [0.1, 0.15) is 5.57 Å². The summed E-state index contributed by atoms with van der Waals surface area (Å²) in [7, 11) is 0. The zero-order valence-corrected chi connectivity index (χ0v) is 21.3. The van der Waals surface area contributed by atoms with Crippen LogP contribution >= 0.6 is 11.6 Å². The van der Waals surface area contributed by atoms with E-state index in [1.807, 2.05) is 13.0 Å². The van der Waals surface area contributed by atoms with Crippen LogP contribution in [0.5, 0.6) is 11.5 Å². The standard InChI is InChI=1S/C29H23ClN2O6/c1-3-37-25-17-20(9-13-24(25)38-26(33)14-10-19-7-11-21(30)12-8-19)16-23-27(34)31-29(36)32(28(23)35)22-6-4-5-18(2)15-22/h4-17H,3H2,1-2H3,(H,31,34,36)/b14-10+,23-16+. The first-order valence-corrected chi connectivity index (χ1v) is 12.0. The smallest absolute Gasteiger partial charge is 0.336 e. The van der Waals surface area contributed by atoms with Crippen molar-refractivity contribution < 1.29 is 28.7 Å². The Kier molecular flexibility index (Phi) is 8.03. The topological polar surface area (TPSA) is 102 Å². The van der Waals surface area contributed by atoms with Crippen molar-refractivity contribution in [2.24, 2.45) is 0 Å². The maximum atomic E-state index is 13.2. The Bertz CT molecular complexity index is 1480. The lowest BCUT2D eigenvalue weighted by atomic mass is 10.1. The molecule has 1 N–H and O–H groups in total. The van der Waals surface area contributed by atoms with Gasteiger partial charge in [0.25, 0.3) is 11.8 Å². The summed E-state index contributed by atoms with van der Waals surface area (Å²) in [5.74, 6) is -1.79. The molecule has 1 aliphatic heterocycles. The first-order valence-electron chi connectivity index (χ1n) is 11.7. The first kappa shape index (κ1) is 26.4. The van der Waals surface area contributed by atoms with Gasteiger partial charge in [-0.25, -0.2) is 14.5 Å². The Morgan fingerprint density at radius 2 is 1.71 bits per heavy atom. The van der Waals surface area contributed by atoms with E-state index in [9.17, 15) is 19.2 Å². The molecule has 38 heavy (non-hydrogen) atoms. The molecular weight excluding hydrogens is 508 g/mol. The van der Waals surface area contributed by atoms with E-state index in [1.54, 1.807) is 61.5 Å². The van der Waals surface area contributed by atoms with Crippen LogP contribution in [0.4, 0.5) is 10.5 Å². The lowest BCUT2D eigenvalue weighted by Crippen LogP contribution is -2.54. The first-order chi connectivity index (χ1) is 18.2. The predicted molar refractivity (Wildman–Crippen MR) is 144 cm³/mol. The van der Waals surface area contributed by atoms with E-state index in [2.05, 4.69) is 5.32 Å². The second kappa shape index (κ2) is 11.6. The third kappa shape index (κ3) is 6.16. The average molecular weight is 531 g/mol. The summed E-state index contributed by atoms with van der Waals surface area (Å²) in [6.45, 7) is 3.87. The largest absolute Gasteiger partial charge is 0.490 e. The van der Waals surface area contributed by atoms with Crippen molar-refractivity contribution in [2.75, 3.05) is 11.5 Å². The van der Waals surface area contributed by atoms with Gasteiger partial charge in [0.15, 0.2) is 11.5 Å². The molecule has 0 bridgehead atoms. The second-order valence-corrected chi connectivity index (χ2v) is 8.68. The van der Waals surface area contributed by atoms with Gasteiger partial charge in [-0.3, -0.25) is 14.9 Å². The van der Waals surface area contributed by atoms with E-state index in [-0.39, 0.29) is 23.7 Å². The number of benzene rings is 3. The molecule has 0 aromatic heterocycles. The molecular formula is C29H23ClN2O6. The van der Waals surface area contributed by atoms with Crippen molar-refractivity contribution >= 4 is 53.3 Å². The normalized spacial score (nSPS) is 14.7. The molecule has 0 unspecified atom stereocenters. The Morgan fingerprint density at radius 3 is 2.42 bits per heavy atom. The minimum Gasteiger partial charge on any atom is -0.490 e. The van der Waals surface area contributed by atoms with Gasteiger partial charge in [0.2, 0.25) is 0 Å². The number of anilines is 1. The van der Waals surface area contributed by atoms with Crippen LogP contribution in [0.3, 0.4) is 0 Å². The highest BCUT2D eigenvalue weighted by atomic mass is 35.5. The highest BCUT2D eigenvalue weighted by Crippen LogP contribution is 2.31. The molecule has 9 heteroatoms. The summed E-state index contributed by atoms with van der Waals surface area (Å²) in [6.07, 6.45) is 4.21. The summed E-state index contributed by atoms with van der Waals surface area (Å²) in [5, 5.41) is 2.79. The summed E-state index contributed by atoms with van der Waals surface area (Å²) < 4.78 is 11.1. The van der Waals surface area contributed by atoms with E-state index in [1.165, 1.54) is 24.3 Å². The van der Waals surface area contributed by atoms with Crippen molar-refractivity contribution in [2.45, 2.75) is 13.8 Å². The van der Waals surface area contributed by atoms with Crippen molar-refractivity contribution in [3.05, 3.63) is 100 Å². The van der Waals surface area contributed by atoms with Gasteiger partial charge in [0, 0.05) is 11.1 Å². The van der Waals surface area contributed by atoms with Gasteiger partial charge in [0.05, 0.1) is 12.3 Å². The van der Waals surface area contributed by atoms with E-state index in [0.717, 1.165) is 16.0 Å². The molecule has 0 atom stereocenters. The van der Waals surface area contributed by atoms with Gasteiger partial charge in [-0.2, -0.15) is 0 Å². The summed E-state index contributed by atoms with van der Waals surface area (Å²) in [6, 6.07) is 17.5. The number of imide groups is 2. The maximum absolute atomic E-state index is 13.2. The number of barbiturate groups is 1. The van der Waals surface area contributed by atoms with Crippen LogP contribution < -0.4 is 19.7 Å². The molecule has 0 saturated carbocycles. The third-order valence-corrected chi connectivity index (χ3v) is 5.68. The number of nitrogens with zero attached hydrogens (tertiary/aromatic N) is 1. The molecule has 1 fully saturated rings. The number of urea groups is 1. The molecule has 0 aliphatic carbocycles. The van der Waals surface area contributed by atoms with Crippen LogP contribution in [-0.2, 0) is 14.4 Å². The monoisotopic (exact) mass is 530 g/mol. The van der Waals surface area contributed by atoms with Gasteiger partial charge in [-0.05, 0) is 79.1 Å². The zero-order chi connectivity index (χ0) is 27.2. The van der Waals surface area contributed by atoms with Gasteiger partial charge < -0.3 is 9.47 Å². The highest BCUT2D eigenvalue weighted by Gasteiger charge is 2.36. The molecule has 4 amide bonds. The van der Waals surface area contributed by atoms with Crippen LogP contribution in [0.2, 0.25) is 5.02 Å². The van der Waals surface area contributed by atoms with E-state index >= 15 is 0 Å². The quantitative estimate of drug-likeness (QED) is 0.192. The van der Waals surface area contributed by atoms with E-state index < -0.39 is 23.8 Å². The minimum atomic E-state index is -0.827. The Balaban J connectivity index is 1.58. The summed E-state index contributed by atoms with van der Waals surface area (Å²) >= 11 is 5.87. The fourth-order valence-electron chi connectivity index (χ4n) is 3.67. The number of hydrogen-bond acceptors (Lipinski definition) is 6. The van der Waals surface area contributed by atoms with Crippen molar-refractivity contribution in [1.29, 1.82) is 0 Å². The number of ether oxygens (including phenoxy) is 2. The third-order valence-electron chi connectivity index (χ3n) is 5.43.